The summed E-state index contributed by atoms with van der Waals surface area (Å²) in [6.07, 6.45) is 10.2. The van der Waals surface area contributed by atoms with Gasteiger partial charge in [0.1, 0.15) is 0 Å². The lowest BCUT2D eigenvalue weighted by molar-refractivity contribution is 0.138. The Balaban J connectivity index is 1.85. The van der Waals surface area contributed by atoms with Crippen LogP contribution in [-0.4, -0.2) is 22.8 Å². The lowest BCUT2D eigenvalue weighted by Gasteiger charge is -2.40. The van der Waals surface area contributed by atoms with Crippen LogP contribution in [0.1, 0.15) is 63.7 Å². The van der Waals surface area contributed by atoms with E-state index >= 15 is 0 Å². The van der Waals surface area contributed by atoms with Crippen LogP contribution in [-0.2, 0) is 4.74 Å². The number of imidazole rings is 1. The molecule has 0 amide bonds. The molecule has 2 N–H and O–H groups in total. The molecule has 1 aliphatic carbocycles. The molecule has 112 valence electrons. The normalized spacial score (nSPS) is 31.4. The highest BCUT2D eigenvalue weighted by Gasteiger charge is 2.36. The molecule has 1 aromatic heterocycles. The highest BCUT2D eigenvalue weighted by atomic mass is 16.5. The predicted octanol–water partition coefficient (Wildman–Crippen LogP) is 3.06. The number of nitrogens with two attached hydrogens (primary N) is 1. The van der Waals surface area contributed by atoms with E-state index in [-0.39, 0.29) is 6.04 Å². The molecule has 0 aromatic carbocycles. The molecule has 2 fully saturated rings. The van der Waals surface area contributed by atoms with E-state index in [9.17, 15) is 0 Å². The Labute approximate surface area is 121 Å². The van der Waals surface area contributed by atoms with Gasteiger partial charge >= 0.3 is 0 Å². The summed E-state index contributed by atoms with van der Waals surface area (Å²) in [7, 11) is 0. The van der Waals surface area contributed by atoms with Crippen molar-refractivity contribution in [2.24, 2.45) is 17.1 Å². The quantitative estimate of drug-likeness (QED) is 0.924. The minimum atomic E-state index is 0.0535. The summed E-state index contributed by atoms with van der Waals surface area (Å²) in [4.78, 5) is 4.40. The second-order valence-corrected chi connectivity index (χ2v) is 7.13. The van der Waals surface area contributed by atoms with Gasteiger partial charge in [0.05, 0.1) is 24.7 Å². The van der Waals surface area contributed by atoms with E-state index < -0.39 is 0 Å². The van der Waals surface area contributed by atoms with E-state index in [0.29, 0.717) is 17.4 Å². The molecule has 3 atom stereocenters. The Kier molecular flexibility index (Phi) is 3.87. The SMILES string of the molecule is CC1(C)CCCCC1n1cncc1C(N)C1CCOC1. The van der Waals surface area contributed by atoms with Crippen LogP contribution in [0.25, 0.3) is 0 Å². The minimum absolute atomic E-state index is 0.0535. The third-order valence-corrected chi connectivity index (χ3v) is 5.30. The third kappa shape index (κ3) is 2.51. The van der Waals surface area contributed by atoms with E-state index in [0.717, 1.165) is 19.6 Å². The van der Waals surface area contributed by atoms with Crippen molar-refractivity contribution in [3.8, 4) is 0 Å². The number of aromatic nitrogens is 2. The zero-order chi connectivity index (χ0) is 14.2. The zero-order valence-electron chi connectivity index (χ0n) is 12.7. The van der Waals surface area contributed by atoms with Gasteiger partial charge in [-0.05, 0) is 24.7 Å². The standard InChI is InChI=1S/C16H27N3O/c1-16(2)7-4-3-5-14(16)19-11-18-9-13(19)15(17)12-6-8-20-10-12/h9,11-12,14-15H,3-8,10,17H2,1-2H3. The zero-order valence-corrected chi connectivity index (χ0v) is 12.7. The molecule has 1 saturated carbocycles. The number of nitrogens with zero attached hydrogens (tertiary/aromatic N) is 2. The fourth-order valence-corrected chi connectivity index (χ4v) is 3.90. The van der Waals surface area contributed by atoms with Gasteiger partial charge < -0.3 is 15.0 Å². The molecule has 4 heteroatoms. The number of ether oxygens (including phenoxy) is 1. The molecular formula is C16H27N3O. The second-order valence-electron chi connectivity index (χ2n) is 7.13. The summed E-state index contributed by atoms with van der Waals surface area (Å²) in [6, 6.07) is 0.583. The van der Waals surface area contributed by atoms with Crippen LogP contribution >= 0.6 is 0 Å². The van der Waals surface area contributed by atoms with Crippen molar-refractivity contribution in [1.29, 1.82) is 0 Å². The fourth-order valence-electron chi connectivity index (χ4n) is 3.90. The maximum atomic E-state index is 6.50. The van der Waals surface area contributed by atoms with Gasteiger partial charge in [-0.25, -0.2) is 4.98 Å². The van der Waals surface area contributed by atoms with Crippen LogP contribution in [0.4, 0.5) is 0 Å². The van der Waals surface area contributed by atoms with E-state index in [2.05, 4.69) is 23.4 Å². The van der Waals surface area contributed by atoms with Crippen LogP contribution < -0.4 is 5.73 Å². The van der Waals surface area contributed by atoms with Crippen LogP contribution in [0.2, 0.25) is 0 Å². The first kappa shape index (κ1) is 14.1. The first-order valence-electron chi connectivity index (χ1n) is 7.94. The Bertz CT molecular complexity index is 448. The summed E-state index contributed by atoms with van der Waals surface area (Å²) in [6.45, 7) is 6.40. The van der Waals surface area contributed by atoms with Crippen LogP contribution in [0.3, 0.4) is 0 Å². The molecule has 0 bridgehead atoms. The summed E-state index contributed by atoms with van der Waals surface area (Å²) in [5.41, 5.74) is 8.03. The van der Waals surface area contributed by atoms with Gasteiger partial charge in [0.15, 0.2) is 0 Å². The molecule has 1 aromatic rings. The van der Waals surface area contributed by atoms with Gasteiger partial charge in [-0.1, -0.05) is 26.7 Å². The first-order chi connectivity index (χ1) is 9.59. The number of rotatable bonds is 3. The van der Waals surface area contributed by atoms with Gasteiger partial charge in [0.25, 0.3) is 0 Å². The molecule has 1 aliphatic heterocycles. The third-order valence-electron chi connectivity index (χ3n) is 5.30. The average molecular weight is 277 g/mol. The van der Waals surface area contributed by atoms with Gasteiger partial charge in [0, 0.05) is 24.8 Å². The smallest absolute Gasteiger partial charge is 0.0951 e. The van der Waals surface area contributed by atoms with E-state index in [1.807, 2.05) is 12.5 Å². The Morgan fingerprint density at radius 3 is 2.95 bits per heavy atom. The molecule has 3 rings (SSSR count). The van der Waals surface area contributed by atoms with Crippen molar-refractivity contribution in [3.63, 3.8) is 0 Å². The molecule has 2 heterocycles. The Hall–Kier alpha value is -0.870. The van der Waals surface area contributed by atoms with Crippen molar-refractivity contribution in [3.05, 3.63) is 18.2 Å². The van der Waals surface area contributed by atoms with Crippen molar-refractivity contribution in [2.45, 2.75) is 58.0 Å². The number of hydrogen-bond acceptors (Lipinski definition) is 3. The van der Waals surface area contributed by atoms with Gasteiger partial charge in [-0.3, -0.25) is 0 Å². The highest BCUT2D eigenvalue weighted by molar-refractivity contribution is 5.10. The fraction of sp³-hybridized carbons (Fsp3) is 0.812. The van der Waals surface area contributed by atoms with Crippen LogP contribution in [0, 0.1) is 11.3 Å². The predicted molar refractivity (Wildman–Crippen MR) is 79.4 cm³/mol. The average Bonchev–Trinajstić information content (AvgIpc) is 3.09. The molecule has 0 radical (unpaired) electrons. The van der Waals surface area contributed by atoms with Crippen LogP contribution in [0.15, 0.2) is 12.5 Å². The Morgan fingerprint density at radius 1 is 1.40 bits per heavy atom. The van der Waals surface area contributed by atoms with Crippen molar-refractivity contribution >= 4 is 0 Å². The van der Waals surface area contributed by atoms with E-state index in [1.54, 1.807) is 0 Å². The summed E-state index contributed by atoms with van der Waals surface area (Å²) in [5.74, 6) is 0.442. The van der Waals surface area contributed by atoms with Crippen molar-refractivity contribution < 1.29 is 4.74 Å². The Morgan fingerprint density at radius 2 is 2.25 bits per heavy atom. The maximum absolute atomic E-state index is 6.50. The van der Waals surface area contributed by atoms with Gasteiger partial charge in [0.2, 0.25) is 0 Å². The van der Waals surface area contributed by atoms with Crippen molar-refractivity contribution in [2.75, 3.05) is 13.2 Å². The largest absolute Gasteiger partial charge is 0.381 e. The molecule has 3 unspecified atom stereocenters. The first-order valence-corrected chi connectivity index (χ1v) is 7.94. The monoisotopic (exact) mass is 277 g/mol. The highest BCUT2D eigenvalue weighted by Crippen LogP contribution is 2.45. The van der Waals surface area contributed by atoms with Crippen molar-refractivity contribution in [1.82, 2.24) is 9.55 Å². The minimum Gasteiger partial charge on any atom is -0.381 e. The second kappa shape index (κ2) is 5.49. The molecule has 20 heavy (non-hydrogen) atoms. The van der Waals surface area contributed by atoms with E-state index in [1.165, 1.54) is 31.4 Å². The summed E-state index contributed by atoms with van der Waals surface area (Å²) < 4.78 is 7.86. The van der Waals surface area contributed by atoms with Crippen LogP contribution in [0.5, 0.6) is 0 Å². The molecule has 4 nitrogen and oxygen atoms in total. The van der Waals surface area contributed by atoms with Gasteiger partial charge in [-0.15, -0.1) is 0 Å². The van der Waals surface area contributed by atoms with Gasteiger partial charge in [-0.2, -0.15) is 0 Å². The molecule has 1 saturated heterocycles. The van der Waals surface area contributed by atoms with E-state index in [4.69, 9.17) is 10.5 Å². The number of hydrogen-bond donors (Lipinski definition) is 1. The lowest BCUT2D eigenvalue weighted by atomic mass is 9.73. The molecule has 2 aliphatic rings. The lowest BCUT2D eigenvalue weighted by Crippen LogP contribution is -2.33. The summed E-state index contributed by atoms with van der Waals surface area (Å²) >= 11 is 0. The summed E-state index contributed by atoms with van der Waals surface area (Å²) in [5, 5.41) is 0. The maximum Gasteiger partial charge on any atom is 0.0951 e. The topological polar surface area (TPSA) is 53.1 Å². The molecular weight excluding hydrogens is 250 g/mol. The molecule has 0 spiro atoms.